The first-order valence-corrected chi connectivity index (χ1v) is 3.17. The lowest BCUT2D eigenvalue weighted by Gasteiger charge is -2.02. The highest BCUT2D eigenvalue weighted by atomic mass is 19.1. The topological polar surface area (TPSA) is 54.5 Å². The molecule has 0 unspecified atom stereocenters. The average molecular weight is 154 g/mol. The van der Waals surface area contributed by atoms with Crippen LogP contribution in [0.2, 0.25) is 0 Å². The maximum Gasteiger partial charge on any atom is 0.270 e. The van der Waals surface area contributed by atoms with Crippen LogP contribution < -0.4 is 0 Å². The van der Waals surface area contributed by atoms with Crippen molar-refractivity contribution in [1.29, 1.82) is 5.26 Å². The van der Waals surface area contributed by atoms with Crippen LogP contribution >= 0.6 is 0 Å². The lowest BCUT2D eigenvalue weighted by molar-refractivity contribution is 0.509. The highest BCUT2D eigenvalue weighted by molar-refractivity contribution is 5.17. The molecule has 1 aromatic heterocycles. The van der Waals surface area contributed by atoms with Crippen LogP contribution in [0.5, 0.6) is 0 Å². The Labute approximate surface area is 63.2 Å². The van der Waals surface area contributed by atoms with E-state index in [9.17, 15) is 4.39 Å². The zero-order valence-electron chi connectivity index (χ0n) is 6.24. The van der Waals surface area contributed by atoms with Crippen LogP contribution in [-0.4, -0.2) is 15.0 Å². The van der Waals surface area contributed by atoms with Gasteiger partial charge in [0.05, 0.1) is 0 Å². The third-order valence-corrected chi connectivity index (χ3v) is 1.25. The van der Waals surface area contributed by atoms with E-state index in [4.69, 9.17) is 5.26 Å². The fourth-order valence-electron chi connectivity index (χ4n) is 0.733. The van der Waals surface area contributed by atoms with Gasteiger partial charge in [-0.05, 0) is 13.8 Å². The average Bonchev–Trinajstić information content (AvgIpc) is 2.30. The lowest BCUT2D eigenvalue weighted by Crippen LogP contribution is -2.05. The molecule has 0 aliphatic carbocycles. The number of halogens is 1. The Hall–Kier alpha value is -1.44. The van der Waals surface area contributed by atoms with Crippen molar-refractivity contribution in [3.8, 4) is 6.07 Å². The number of aromatic nitrogens is 3. The molecule has 0 aromatic carbocycles. The summed E-state index contributed by atoms with van der Waals surface area (Å²) < 4.78 is 13.8. The summed E-state index contributed by atoms with van der Waals surface area (Å²) in [6.07, 6.45) is 0. The SMILES string of the molecule is CC(C)n1nnc(F)c1C#N. The molecule has 0 atom stereocenters. The summed E-state index contributed by atoms with van der Waals surface area (Å²) >= 11 is 0. The molecule has 1 rings (SSSR count). The molecule has 4 nitrogen and oxygen atoms in total. The van der Waals surface area contributed by atoms with E-state index in [-0.39, 0.29) is 11.7 Å². The van der Waals surface area contributed by atoms with Gasteiger partial charge in [-0.25, -0.2) is 4.68 Å². The Bertz CT molecular complexity index is 296. The first-order valence-electron chi connectivity index (χ1n) is 3.17. The Morgan fingerprint density at radius 2 is 2.27 bits per heavy atom. The summed E-state index contributed by atoms with van der Waals surface area (Å²) in [6, 6.07) is 1.65. The second-order valence-electron chi connectivity index (χ2n) is 2.38. The fraction of sp³-hybridized carbons (Fsp3) is 0.500. The molecule has 0 fully saturated rings. The van der Waals surface area contributed by atoms with Gasteiger partial charge in [-0.3, -0.25) is 0 Å². The summed E-state index contributed by atoms with van der Waals surface area (Å²) in [5.74, 6) is -0.804. The summed E-state index contributed by atoms with van der Waals surface area (Å²) in [7, 11) is 0. The zero-order valence-corrected chi connectivity index (χ0v) is 6.24. The molecule has 0 spiro atoms. The van der Waals surface area contributed by atoms with Crippen LogP contribution in [0.4, 0.5) is 4.39 Å². The van der Waals surface area contributed by atoms with Crippen molar-refractivity contribution in [3.63, 3.8) is 0 Å². The summed E-state index contributed by atoms with van der Waals surface area (Å²) in [5.41, 5.74) is -0.111. The molecule has 0 radical (unpaired) electrons. The molecule has 0 amide bonds. The quantitative estimate of drug-likeness (QED) is 0.603. The molecule has 1 aromatic rings. The molecule has 0 aliphatic heterocycles. The van der Waals surface area contributed by atoms with Crippen LogP contribution in [0.3, 0.4) is 0 Å². The molecule has 0 saturated heterocycles. The lowest BCUT2D eigenvalue weighted by atomic mass is 10.4. The van der Waals surface area contributed by atoms with Crippen molar-refractivity contribution in [1.82, 2.24) is 15.0 Å². The second-order valence-corrected chi connectivity index (χ2v) is 2.38. The minimum atomic E-state index is -0.804. The van der Waals surface area contributed by atoms with Gasteiger partial charge in [-0.15, -0.1) is 0 Å². The third-order valence-electron chi connectivity index (χ3n) is 1.25. The van der Waals surface area contributed by atoms with Crippen LogP contribution in [0, 0.1) is 17.3 Å². The number of hydrogen-bond donors (Lipinski definition) is 0. The minimum Gasteiger partial charge on any atom is -0.229 e. The first kappa shape index (κ1) is 7.66. The van der Waals surface area contributed by atoms with Gasteiger partial charge in [-0.2, -0.15) is 9.65 Å². The van der Waals surface area contributed by atoms with E-state index in [0.29, 0.717) is 0 Å². The van der Waals surface area contributed by atoms with E-state index < -0.39 is 5.95 Å². The van der Waals surface area contributed by atoms with E-state index in [1.807, 2.05) is 0 Å². The number of rotatable bonds is 1. The molecule has 58 valence electrons. The monoisotopic (exact) mass is 154 g/mol. The maximum absolute atomic E-state index is 12.6. The van der Waals surface area contributed by atoms with Crippen LogP contribution in [0.15, 0.2) is 0 Å². The summed E-state index contributed by atoms with van der Waals surface area (Å²) in [6.45, 7) is 3.60. The van der Waals surface area contributed by atoms with Crippen molar-refractivity contribution in [3.05, 3.63) is 11.6 Å². The van der Waals surface area contributed by atoms with Crippen LogP contribution in [-0.2, 0) is 0 Å². The van der Waals surface area contributed by atoms with E-state index in [2.05, 4.69) is 10.3 Å². The smallest absolute Gasteiger partial charge is 0.229 e. The van der Waals surface area contributed by atoms with E-state index >= 15 is 0 Å². The Morgan fingerprint density at radius 1 is 1.64 bits per heavy atom. The van der Waals surface area contributed by atoms with Crippen molar-refractivity contribution < 1.29 is 4.39 Å². The number of nitrogens with zero attached hydrogens (tertiary/aromatic N) is 4. The van der Waals surface area contributed by atoms with Gasteiger partial charge < -0.3 is 0 Å². The zero-order chi connectivity index (χ0) is 8.43. The van der Waals surface area contributed by atoms with E-state index in [1.165, 1.54) is 4.68 Å². The highest BCUT2D eigenvalue weighted by Crippen LogP contribution is 2.07. The minimum absolute atomic E-state index is 0.0401. The normalized spacial score (nSPS) is 10.1. The van der Waals surface area contributed by atoms with Crippen molar-refractivity contribution in [2.45, 2.75) is 19.9 Å². The highest BCUT2D eigenvalue weighted by Gasteiger charge is 2.13. The third kappa shape index (κ3) is 1.19. The Morgan fingerprint density at radius 3 is 2.64 bits per heavy atom. The predicted octanol–water partition coefficient (Wildman–Crippen LogP) is 0.870. The van der Waals surface area contributed by atoms with Crippen molar-refractivity contribution in [2.24, 2.45) is 0 Å². The van der Waals surface area contributed by atoms with Gasteiger partial charge >= 0.3 is 0 Å². The molecule has 0 aliphatic rings. The van der Waals surface area contributed by atoms with Gasteiger partial charge in [0.25, 0.3) is 5.95 Å². The standard InChI is InChI=1S/C6H7FN4/c1-4(2)11-5(3-8)6(7)9-10-11/h4H,1-2H3. The number of nitriles is 1. The van der Waals surface area contributed by atoms with Gasteiger partial charge in [0, 0.05) is 6.04 Å². The largest absolute Gasteiger partial charge is 0.270 e. The molecule has 5 heteroatoms. The molecule has 0 bridgehead atoms. The maximum atomic E-state index is 12.6. The van der Waals surface area contributed by atoms with Gasteiger partial charge in [-0.1, -0.05) is 10.3 Å². The van der Waals surface area contributed by atoms with Gasteiger partial charge in [0.2, 0.25) is 0 Å². The van der Waals surface area contributed by atoms with Crippen molar-refractivity contribution in [2.75, 3.05) is 0 Å². The Kier molecular flexibility index (Phi) is 1.85. The summed E-state index contributed by atoms with van der Waals surface area (Å²) in [4.78, 5) is 0. The molecule has 1 heterocycles. The fourth-order valence-corrected chi connectivity index (χ4v) is 0.733. The van der Waals surface area contributed by atoms with Crippen molar-refractivity contribution >= 4 is 0 Å². The van der Waals surface area contributed by atoms with Gasteiger partial charge in [0.1, 0.15) is 6.07 Å². The molecule has 11 heavy (non-hydrogen) atoms. The van der Waals surface area contributed by atoms with Crippen LogP contribution in [0.1, 0.15) is 25.6 Å². The summed E-state index contributed by atoms with van der Waals surface area (Å²) in [5, 5.41) is 15.0. The predicted molar refractivity (Wildman–Crippen MR) is 35.1 cm³/mol. The first-order chi connectivity index (χ1) is 5.16. The number of hydrogen-bond acceptors (Lipinski definition) is 3. The molecular weight excluding hydrogens is 147 g/mol. The van der Waals surface area contributed by atoms with Gasteiger partial charge in [0.15, 0.2) is 5.69 Å². The van der Waals surface area contributed by atoms with E-state index in [0.717, 1.165) is 0 Å². The molecule has 0 N–H and O–H groups in total. The van der Waals surface area contributed by atoms with E-state index in [1.54, 1.807) is 19.9 Å². The molecular formula is C6H7FN4. The molecule has 0 saturated carbocycles. The Balaban J connectivity index is 3.19. The second kappa shape index (κ2) is 2.66. The van der Waals surface area contributed by atoms with Crippen LogP contribution in [0.25, 0.3) is 0 Å².